The largest absolute Gasteiger partial charge is 0.493 e. The van der Waals surface area contributed by atoms with Crippen LogP contribution in [0.4, 0.5) is 0 Å². The van der Waals surface area contributed by atoms with Crippen molar-refractivity contribution in [2.75, 3.05) is 33.9 Å². The average Bonchev–Trinajstić information content (AvgIpc) is 2.72. The molecule has 1 aromatic heterocycles. The highest BCUT2D eigenvalue weighted by molar-refractivity contribution is 5.64. The number of hydrogen-bond acceptors (Lipinski definition) is 6. The number of nitrogens with two attached hydrogens (primary N) is 1. The summed E-state index contributed by atoms with van der Waals surface area (Å²) in [5, 5.41) is 0. The van der Waals surface area contributed by atoms with Gasteiger partial charge in [-0.3, -0.25) is 4.90 Å². The normalized spacial score (nSPS) is 26.8. The first-order valence-electron chi connectivity index (χ1n) is 9.65. The Hall–Kier alpha value is -2.18. The Morgan fingerprint density at radius 3 is 2.63 bits per heavy atom. The van der Waals surface area contributed by atoms with Gasteiger partial charge in [0.05, 0.1) is 19.9 Å². The first-order chi connectivity index (χ1) is 13.1. The molecular formula is C21H28N4O2. The molecular weight excluding hydrogens is 340 g/mol. The number of hydrogen-bond donors (Lipinski definition) is 1. The molecule has 0 saturated carbocycles. The van der Waals surface area contributed by atoms with Crippen LogP contribution in [0.15, 0.2) is 24.3 Å². The summed E-state index contributed by atoms with van der Waals surface area (Å²) in [6, 6.07) is 8.61. The van der Waals surface area contributed by atoms with Gasteiger partial charge in [-0.2, -0.15) is 0 Å². The smallest absolute Gasteiger partial charge is 0.161 e. The summed E-state index contributed by atoms with van der Waals surface area (Å²) in [6.45, 7) is 4.94. The van der Waals surface area contributed by atoms with Crippen LogP contribution < -0.4 is 15.2 Å². The second kappa shape index (κ2) is 7.44. The van der Waals surface area contributed by atoms with Gasteiger partial charge in [-0.15, -0.1) is 0 Å². The molecule has 3 aliphatic heterocycles. The maximum Gasteiger partial charge on any atom is 0.161 e. The fourth-order valence-electron chi connectivity index (χ4n) is 4.64. The van der Waals surface area contributed by atoms with E-state index in [0.29, 0.717) is 23.6 Å². The van der Waals surface area contributed by atoms with Gasteiger partial charge >= 0.3 is 0 Å². The Morgan fingerprint density at radius 2 is 1.96 bits per heavy atom. The van der Waals surface area contributed by atoms with Crippen LogP contribution in [0.2, 0.25) is 0 Å². The van der Waals surface area contributed by atoms with E-state index < -0.39 is 0 Å². The molecule has 1 unspecified atom stereocenters. The topological polar surface area (TPSA) is 73.5 Å². The molecule has 0 aliphatic carbocycles. The summed E-state index contributed by atoms with van der Waals surface area (Å²) in [7, 11) is 3.30. The third-order valence-electron chi connectivity index (χ3n) is 6.07. The number of aryl methyl sites for hydroxylation is 1. The maximum atomic E-state index is 5.96. The van der Waals surface area contributed by atoms with Crippen LogP contribution in [0.5, 0.6) is 11.5 Å². The average molecular weight is 368 g/mol. The Balaban J connectivity index is 1.67. The van der Waals surface area contributed by atoms with Crippen molar-refractivity contribution >= 4 is 0 Å². The lowest BCUT2D eigenvalue weighted by atomic mass is 9.74. The number of fused-ring (bicyclic) bond motifs is 3. The summed E-state index contributed by atoms with van der Waals surface area (Å²) in [5.74, 6) is 3.36. The van der Waals surface area contributed by atoms with Gasteiger partial charge in [0.2, 0.25) is 0 Å². The van der Waals surface area contributed by atoms with Crippen molar-refractivity contribution in [2.45, 2.75) is 31.7 Å². The van der Waals surface area contributed by atoms with Crippen molar-refractivity contribution in [1.29, 1.82) is 0 Å². The molecule has 4 atom stereocenters. The van der Waals surface area contributed by atoms with E-state index in [1.54, 1.807) is 14.2 Å². The first-order valence-corrected chi connectivity index (χ1v) is 9.65. The molecule has 3 saturated heterocycles. The molecule has 5 rings (SSSR count). The number of piperidine rings is 3. The standard InChI is InChI=1S/C21H28N4O2/c1-13-23-18(15-4-5-20(26-2)21(9-15)27-3)10-19(24-13)17-12-25-7-6-14(17)8-16(25)11-22/h4-5,9-10,14,16-17H,6-8,11-12,22H2,1-3H3/t14-,16+,17-/m0/s1. The predicted molar refractivity (Wildman–Crippen MR) is 105 cm³/mol. The molecule has 2 bridgehead atoms. The fourth-order valence-corrected chi connectivity index (χ4v) is 4.64. The Kier molecular flexibility index (Phi) is 5.02. The van der Waals surface area contributed by atoms with Crippen molar-refractivity contribution in [3.8, 4) is 22.8 Å². The highest BCUT2D eigenvalue weighted by Crippen LogP contribution is 2.42. The van der Waals surface area contributed by atoms with Crippen LogP contribution in [-0.2, 0) is 0 Å². The van der Waals surface area contributed by atoms with Gasteiger partial charge in [0.25, 0.3) is 0 Å². The Morgan fingerprint density at radius 1 is 1.15 bits per heavy atom. The molecule has 144 valence electrons. The minimum Gasteiger partial charge on any atom is -0.493 e. The number of ether oxygens (including phenoxy) is 2. The van der Waals surface area contributed by atoms with E-state index in [1.165, 1.54) is 12.8 Å². The molecule has 2 N–H and O–H groups in total. The zero-order valence-corrected chi connectivity index (χ0v) is 16.3. The molecule has 4 heterocycles. The zero-order chi connectivity index (χ0) is 19.0. The molecule has 0 amide bonds. The lowest BCUT2D eigenvalue weighted by Gasteiger charge is -2.49. The van der Waals surface area contributed by atoms with Crippen LogP contribution in [0.1, 0.15) is 30.3 Å². The number of benzene rings is 1. The minimum absolute atomic E-state index is 0.460. The molecule has 2 aromatic rings. The van der Waals surface area contributed by atoms with Crippen molar-refractivity contribution in [3.05, 3.63) is 35.8 Å². The van der Waals surface area contributed by atoms with Crippen LogP contribution in [0.25, 0.3) is 11.3 Å². The van der Waals surface area contributed by atoms with Gasteiger partial charge in [-0.1, -0.05) is 0 Å². The highest BCUT2D eigenvalue weighted by Gasteiger charge is 2.40. The van der Waals surface area contributed by atoms with Gasteiger partial charge < -0.3 is 15.2 Å². The second-order valence-electron chi connectivity index (χ2n) is 7.57. The van der Waals surface area contributed by atoms with E-state index in [2.05, 4.69) is 16.0 Å². The van der Waals surface area contributed by atoms with E-state index in [4.69, 9.17) is 20.2 Å². The summed E-state index contributed by atoms with van der Waals surface area (Å²) >= 11 is 0. The van der Waals surface area contributed by atoms with Crippen LogP contribution in [-0.4, -0.2) is 54.8 Å². The maximum absolute atomic E-state index is 5.96. The lowest BCUT2D eigenvalue weighted by Crippen LogP contribution is -2.55. The number of methoxy groups -OCH3 is 2. The number of rotatable bonds is 5. The van der Waals surface area contributed by atoms with Gasteiger partial charge in [-0.05, 0) is 56.5 Å². The molecule has 3 fully saturated rings. The van der Waals surface area contributed by atoms with Gasteiger partial charge in [0.15, 0.2) is 11.5 Å². The van der Waals surface area contributed by atoms with Crippen LogP contribution in [0.3, 0.4) is 0 Å². The molecule has 27 heavy (non-hydrogen) atoms. The molecule has 0 spiro atoms. The van der Waals surface area contributed by atoms with Gasteiger partial charge in [-0.25, -0.2) is 9.97 Å². The third-order valence-corrected chi connectivity index (χ3v) is 6.07. The Labute approximate surface area is 160 Å². The molecule has 1 aromatic carbocycles. The minimum atomic E-state index is 0.460. The SMILES string of the molecule is COc1ccc(-c2cc([C@H]3CN4CC[C@H]3C[C@@H]4CN)nc(C)n2)cc1OC. The van der Waals surface area contributed by atoms with Gasteiger partial charge in [0, 0.05) is 36.3 Å². The van der Waals surface area contributed by atoms with E-state index in [0.717, 1.165) is 48.2 Å². The van der Waals surface area contributed by atoms with E-state index in [1.807, 2.05) is 25.1 Å². The number of aromatic nitrogens is 2. The van der Waals surface area contributed by atoms with E-state index in [9.17, 15) is 0 Å². The number of nitrogens with zero attached hydrogens (tertiary/aromatic N) is 3. The molecule has 6 nitrogen and oxygen atoms in total. The van der Waals surface area contributed by atoms with Crippen molar-refractivity contribution in [3.63, 3.8) is 0 Å². The summed E-state index contributed by atoms with van der Waals surface area (Å²) < 4.78 is 10.8. The third kappa shape index (κ3) is 3.39. The molecule has 0 radical (unpaired) electrons. The van der Waals surface area contributed by atoms with Crippen molar-refractivity contribution in [1.82, 2.24) is 14.9 Å². The lowest BCUT2D eigenvalue weighted by molar-refractivity contribution is 0.0333. The van der Waals surface area contributed by atoms with Gasteiger partial charge in [0.1, 0.15) is 5.82 Å². The Bertz CT molecular complexity index is 826. The summed E-state index contributed by atoms with van der Waals surface area (Å²) in [5.41, 5.74) is 9.06. The predicted octanol–water partition coefficient (Wildman–Crippen LogP) is 2.61. The molecule has 6 heteroatoms. The molecule has 3 aliphatic rings. The zero-order valence-electron chi connectivity index (χ0n) is 16.3. The second-order valence-corrected chi connectivity index (χ2v) is 7.57. The fraction of sp³-hybridized carbons (Fsp3) is 0.524. The van der Waals surface area contributed by atoms with Crippen molar-refractivity contribution < 1.29 is 9.47 Å². The first kappa shape index (κ1) is 18.2. The van der Waals surface area contributed by atoms with E-state index in [-0.39, 0.29) is 0 Å². The highest BCUT2D eigenvalue weighted by atomic mass is 16.5. The summed E-state index contributed by atoms with van der Waals surface area (Å²) in [4.78, 5) is 12.0. The quantitative estimate of drug-likeness (QED) is 0.874. The van der Waals surface area contributed by atoms with E-state index >= 15 is 0 Å². The summed E-state index contributed by atoms with van der Waals surface area (Å²) in [6.07, 6.45) is 2.41. The van der Waals surface area contributed by atoms with Crippen molar-refractivity contribution in [2.24, 2.45) is 11.7 Å². The van der Waals surface area contributed by atoms with Crippen LogP contribution >= 0.6 is 0 Å². The monoisotopic (exact) mass is 368 g/mol. The van der Waals surface area contributed by atoms with Crippen LogP contribution in [0, 0.1) is 12.8 Å².